The molecular formula is C13H15Cl2NO. The lowest BCUT2D eigenvalue weighted by molar-refractivity contribution is 0.186. The first-order chi connectivity index (χ1) is 8.22. The Morgan fingerprint density at radius 3 is 2.71 bits per heavy atom. The quantitative estimate of drug-likeness (QED) is 0.813. The van der Waals surface area contributed by atoms with Gasteiger partial charge in [0.05, 0.1) is 6.61 Å². The van der Waals surface area contributed by atoms with Gasteiger partial charge in [0.15, 0.2) is 0 Å². The fourth-order valence-corrected chi connectivity index (χ4v) is 2.78. The van der Waals surface area contributed by atoms with Gasteiger partial charge in [0.1, 0.15) is 0 Å². The molecule has 0 fully saturated rings. The third-order valence-corrected chi connectivity index (χ3v) is 3.56. The third kappa shape index (κ3) is 3.01. The number of halogens is 2. The van der Waals surface area contributed by atoms with Crippen LogP contribution in [0.4, 0.5) is 0 Å². The summed E-state index contributed by atoms with van der Waals surface area (Å²) < 4.78 is 5.37. The zero-order valence-electron chi connectivity index (χ0n) is 9.75. The van der Waals surface area contributed by atoms with Crippen LogP contribution in [0.25, 0.3) is 0 Å². The van der Waals surface area contributed by atoms with Gasteiger partial charge in [0.25, 0.3) is 0 Å². The van der Waals surface area contributed by atoms with E-state index in [9.17, 15) is 0 Å². The molecule has 1 aliphatic rings. The molecule has 1 heterocycles. The molecule has 1 aliphatic heterocycles. The summed E-state index contributed by atoms with van der Waals surface area (Å²) in [5, 5.41) is 1.46. The van der Waals surface area contributed by atoms with Crippen molar-refractivity contribution in [2.24, 2.45) is 4.99 Å². The fraction of sp³-hybridized carbons (Fsp3) is 0.462. The van der Waals surface area contributed by atoms with Crippen molar-refractivity contribution in [3.63, 3.8) is 0 Å². The molecule has 0 amide bonds. The van der Waals surface area contributed by atoms with Crippen molar-refractivity contribution >= 4 is 28.9 Å². The zero-order valence-corrected chi connectivity index (χ0v) is 11.3. The Kier molecular flexibility index (Phi) is 4.43. The molecule has 0 spiro atoms. The molecule has 1 aromatic carbocycles. The van der Waals surface area contributed by atoms with Gasteiger partial charge >= 0.3 is 0 Å². The Bertz CT molecular complexity index is 411. The van der Waals surface area contributed by atoms with Gasteiger partial charge in [0, 0.05) is 34.8 Å². The molecular weight excluding hydrogens is 257 g/mol. The van der Waals surface area contributed by atoms with Gasteiger partial charge in [-0.2, -0.15) is 0 Å². The fourth-order valence-electron chi connectivity index (χ4n) is 2.07. The van der Waals surface area contributed by atoms with E-state index in [-0.39, 0.29) is 0 Å². The standard InChI is InChI=1S/C13H15Cl2NO/c1-2-17-8-10-6-9(7-16-10)13-11(14)4-3-5-12(13)15/h3-5,9H,2,6-8H2,1H3. The maximum absolute atomic E-state index is 6.20. The van der Waals surface area contributed by atoms with Crippen LogP contribution in [0.1, 0.15) is 24.8 Å². The van der Waals surface area contributed by atoms with Crippen molar-refractivity contribution in [1.29, 1.82) is 0 Å². The molecule has 17 heavy (non-hydrogen) atoms. The zero-order chi connectivity index (χ0) is 12.3. The predicted molar refractivity (Wildman–Crippen MR) is 72.6 cm³/mol. The van der Waals surface area contributed by atoms with Crippen LogP contribution in [0.15, 0.2) is 23.2 Å². The topological polar surface area (TPSA) is 21.6 Å². The minimum atomic E-state index is 0.298. The molecule has 0 radical (unpaired) electrons. The van der Waals surface area contributed by atoms with E-state index in [1.807, 2.05) is 25.1 Å². The Balaban J connectivity index is 2.07. The molecule has 1 aromatic rings. The Hall–Kier alpha value is -0.570. The molecule has 4 heteroatoms. The summed E-state index contributed by atoms with van der Waals surface area (Å²) in [6, 6.07) is 5.62. The van der Waals surface area contributed by atoms with Crippen LogP contribution >= 0.6 is 23.2 Å². The van der Waals surface area contributed by atoms with Crippen LogP contribution in [0, 0.1) is 0 Å². The second-order valence-corrected chi connectivity index (χ2v) is 4.89. The first-order valence-electron chi connectivity index (χ1n) is 5.76. The molecule has 1 unspecified atom stereocenters. The molecule has 0 aromatic heterocycles. The molecule has 0 saturated heterocycles. The predicted octanol–water partition coefficient (Wildman–Crippen LogP) is 3.96. The monoisotopic (exact) mass is 271 g/mol. The van der Waals surface area contributed by atoms with E-state index < -0.39 is 0 Å². The highest BCUT2D eigenvalue weighted by molar-refractivity contribution is 6.36. The van der Waals surface area contributed by atoms with Crippen molar-refractivity contribution < 1.29 is 4.74 Å². The van der Waals surface area contributed by atoms with Gasteiger partial charge in [-0.3, -0.25) is 4.99 Å². The van der Waals surface area contributed by atoms with E-state index >= 15 is 0 Å². The Morgan fingerprint density at radius 2 is 2.06 bits per heavy atom. The lowest BCUT2D eigenvalue weighted by atomic mass is 9.96. The number of benzene rings is 1. The summed E-state index contributed by atoms with van der Waals surface area (Å²) in [4.78, 5) is 4.49. The van der Waals surface area contributed by atoms with E-state index in [0.29, 0.717) is 12.5 Å². The van der Waals surface area contributed by atoms with Gasteiger partial charge in [-0.05, 0) is 31.0 Å². The van der Waals surface area contributed by atoms with Crippen molar-refractivity contribution in [3.8, 4) is 0 Å². The van der Waals surface area contributed by atoms with Crippen molar-refractivity contribution in [1.82, 2.24) is 0 Å². The van der Waals surface area contributed by atoms with Crippen LogP contribution in [0.5, 0.6) is 0 Å². The minimum Gasteiger partial charge on any atom is -0.376 e. The van der Waals surface area contributed by atoms with Gasteiger partial charge in [-0.1, -0.05) is 29.3 Å². The second-order valence-electron chi connectivity index (χ2n) is 4.08. The second kappa shape index (κ2) is 5.85. The molecule has 0 N–H and O–H groups in total. The minimum absolute atomic E-state index is 0.298. The molecule has 0 bridgehead atoms. The van der Waals surface area contributed by atoms with E-state index in [4.69, 9.17) is 27.9 Å². The number of hydrogen-bond donors (Lipinski definition) is 0. The summed E-state index contributed by atoms with van der Waals surface area (Å²) >= 11 is 12.4. The number of hydrogen-bond acceptors (Lipinski definition) is 2. The number of rotatable bonds is 4. The van der Waals surface area contributed by atoms with Crippen LogP contribution in [-0.2, 0) is 4.74 Å². The van der Waals surface area contributed by atoms with Gasteiger partial charge in [-0.15, -0.1) is 0 Å². The lowest BCUT2D eigenvalue weighted by Crippen LogP contribution is -2.08. The van der Waals surface area contributed by atoms with E-state index in [0.717, 1.165) is 40.9 Å². The van der Waals surface area contributed by atoms with Crippen molar-refractivity contribution in [3.05, 3.63) is 33.8 Å². The number of ether oxygens (including phenoxy) is 1. The average Bonchev–Trinajstić information content (AvgIpc) is 2.75. The average molecular weight is 272 g/mol. The summed E-state index contributed by atoms with van der Waals surface area (Å²) in [5.41, 5.74) is 2.12. The van der Waals surface area contributed by atoms with Crippen LogP contribution in [-0.4, -0.2) is 25.5 Å². The summed E-state index contributed by atoms with van der Waals surface area (Å²) in [7, 11) is 0. The SMILES string of the molecule is CCOCC1=NCC(c2c(Cl)cccc2Cl)C1. The highest BCUT2D eigenvalue weighted by Gasteiger charge is 2.24. The lowest BCUT2D eigenvalue weighted by Gasteiger charge is -2.13. The van der Waals surface area contributed by atoms with Gasteiger partial charge < -0.3 is 4.74 Å². The maximum Gasteiger partial charge on any atom is 0.0844 e. The molecule has 2 rings (SSSR count). The van der Waals surface area contributed by atoms with Gasteiger partial charge in [0.2, 0.25) is 0 Å². The van der Waals surface area contributed by atoms with Gasteiger partial charge in [-0.25, -0.2) is 0 Å². The summed E-state index contributed by atoms with van der Waals surface area (Å²) in [5.74, 6) is 0.298. The molecule has 0 saturated carbocycles. The highest BCUT2D eigenvalue weighted by Crippen LogP contribution is 2.36. The number of aliphatic imine (C=N–C) groups is 1. The Morgan fingerprint density at radius 1 is 1.35 bits per heavy atom. The normalized spacial score (nSPS) is 19.5. The van der Waals surface area contributed by atoms with Crippen LogP contribution in [0.3, 0.4) is 0 Å². The largest absolute Gasteiger partial charge is 0.376 e. The van der Waals surface area contributed by atoms with Crippen molar-refractivity contribution in [2.45, 2.75) is 19.3 Å². The van der Waals surface area contributed by atoms with Crippen LogP contribution < -0.4 is 0 Å². The van der Waals surface area contributed by atoms with E-state index in [1.54, 1.807) is 0 Å². The first-order valence-corrected chi connectivity index (χ1v) is 6.51. The molecule has 1 atom stereocenters. The number of nitrogens with zero attached hydrogens (tertiary/aromatic N) is 1. The Labute approximate surface area is 112 Å². The maximum atomic E-state index is 6.20. The third-order valence-electron chi connectivity index (χ3n) is 2.90. The first kappa shape index (κ1) is 12.9. The van der Waals surface area contributed by atoms with Crippen LogP contribution in [0.2, 0.25) is 10.0 Å². The summed E-state index contributed by atoms with van der Waals surface area (Å²) in [6.07, 6.45) is 0.892. The molecule has 0 aliphatic carbocycles. The van der Waals surface area contributed by atoms with E-state index in [1.165, 1.54) is 0 Å². The molecule has 92 valence electrons. The molecule has 2 nitrogen and oxygen atoms in total. The van der Waals surface area contributed by atoms with E-state index in [2.05, 4.69) is 4.99 Å². The smallest absolute Gasteiger partial charge is 0.0844 e. The highest BCUT2D eigenvalue weighted by atomic mass is 35.5. The summed E-state index contributed by atoms with van der Waals surface area (Å²) in [6.45, 7) is 4.08. The van der Waals surface area contributed by atoms with Crippen molar-refractivity contribution in [2.75, 3.05) is 19.8 Å².